The average molecular weight is 296 g/mol. The summed E-state index contributed by atoms with van der Waals surface area (Å²) in [6, 6.07) is 1.72. The lowest BCUT2D eigenvalue weighted by Crippen LogP contribution is -2.35. The van der Waals surface area contributed by atoms with Crippen LogP contribution in [0.4, 0.5) is 10.6 Å². The molecule has 0 aliphatic carbocycles. The molecule has 0 atom stereocenters. The number of ether oxygens (including phenoxy) is 2. The molecule has 1 amide bonds. The topological polar surface area (TPSA) is 85.4 Å². The van der Waals surface area contributed by atoms with Crippen LogP contribution in [0.15, 0.2) is 12.4 Å². The summed E-state index contributed by atoms with van der Waals surface area (Å²) in [7, 11) is 0. The maximum absolute atomic E-state index is 11.4. The van der Waals surface area contributed by atoms with E-state index in [1.54, 1.807) is 6.07 Å². The number of aromatic nitrogens is 2. The molecule has 0 saturated carbocycles. The molecule has 0 fully saturated rings. The zero-order valence-corrected chi connectivity index (χ0v) is 13.3. The van der Waals surface area contributed by atoms with Gasteiger partial charge < -0.3 is 20.1 Å². The normalized spacial score (nSPS) is 11.1. The van der Waals surface area contributed by atoms with Crippen molar-refractivity contribution in [3.63, 3.8) is 0 Å². The summed E-state index contributed by atoms with van der Waals surface area (Å²) < 4.78 is 10.6. The van der Waals surface area contributed by atoms with Gasteiger partial charge in [0, 0.05) is 19.2 Å². The van der Waals surface area contributed by atoms with Gasteiger partial charge in [0.15, 0.2) is 0 Å². The number of rotatable bonds is 6. The molecular weight excluding hydrogens is 272 g/mol. The molecule has 2 N–H and O–H groups in total. The average Bonchev–Trinajstić information content (AvgIpc) is 2.32. The number of hydrogen-bond acceptors (Lipinski definition) is 6. The SMILES string of the molecule is CC(C)Oc1cc(NCCNC(=O)OC(C)(C)C)ncn1. The molecule has 0 saturated heterocycles. The first kappa shape index (κ1) is 17.0. The summed E-state index contributed by atoms with van der Waals surface area (Å²) >= 11 is 0. The van der Waals surface area contributed by atoms with E-state index in [4.69, 9.17) is 9.47 Å². The maximum atomic E-state index is 11.4. The summed E-state index contributed by atoms with van der Waals surface area (Å²) in [5.41, 5.74) is -0.493. The van der Waals surface area contributed by atoms with E-state index in [2.05, 4.69) is 20.6 Å². The van der Waals surface area contributed by atoms with Crippen LogP contribution in [0.25, 0.3) is 0 Å². The summed E-state index contributed by atoms with van der Waals surface area (Å²) in [4.78, 5) is 19.5. The van der Waals surface area contributed by atoms with E-state index in [1.165, 1.54) is 6.33 Å². The van der Waals surface area contributed by atoms with Gasteiger partial charge in [-0.15, -0.1) is 0 Å². The Morgan fingerprint density at radius 2 is 2.00 bits per heavy atom. The van der Waals surface area contributed by atoms with Crippen molar-refractivity contribution in [2.45, 2.75) is 46.3 Å². The number of nitrogens with zero attached hydrogens (tertiary/aromatic N) is 2. The van der Waals surface area contributed by atoms with E-state index in [0.717, 1.165) is 0 Å². The number of carbonyl (C=O) groups is 1. The van der Waals surface area contributed by atoms with Crippen molar-refractivity contribution in [1.29, 1.82) is 0 Å². The molecule has 0 aromatic carbocycles. The van der Waals surface area contributed by atoms with Gasteiger partial charge in [-0.2, -0.15) is 0 Å². The highest BCUT2D eigenvalue weighted by molar-refractivity contribution is 5.67. The Morgan fingerprint density at radius 1 is 1.29 bits per heavy atom. The molecule has 1 aromatic rings. The highest BCUT2D eigenvalue weighted by Gasteiger charge is 2.15. The van der Waals surface area contributed by atoms with Crippen molar-refractivity contribution < 1.29 is 14.3 Å². The minimum absolute atomic E-state index is 0.0570. The second kappa shape index (κ2) is 7.66. The third-order valence-electron chi connectivity index (χ3n) is 2.10. The maximum Gasteiger partial charge on any atom is 0.407 e. The van der Waals surface area contributed by atoms with Crippen LogP contribution in [0.3, 0.4) is 0 Å². The van der Waals surface area contributed by atoms with Gasteiger partial charge in [-0.05, 0) is 34.6 Å². The van der Waals surface area contributed by atoms with E-state index in [0.29, 0.717) is 24.8 Å². The molecule has 7 nitrogen and oxygen atoms in total. The fraction of sp³-hybridized carbons (Fsp3) is 0.643. The zero-order chi connectivity index (χ0) is 15.9. The lowest BCUT2D eigenvalue weighted by Gasteiger charge is -2.19. The molecule has 7 heteroatoms. The van der Waals surface area contributed by atoms with Gasteiger partial charge in [0.25, 0.3) is 0 Å². The standard InChI is InChI=1S/C14H24N4O3/c1-10(2)20-12-8-11(17-9-18-12)15-6-7-16-13(19)21-14(3,4)5/h8-10H,6-7H2,1-5H3,(H,16,19)(H,15,17,18). The van der Waals surface area contributed by atoms with E-state index in [9.17, 15) is 4.79 Å². The van der Waals surface area contributed by atoms with Crippen molar-refractivity contribution in [3.05, 3.63) is 12.4 Å². The second-order valence-electron chi connectivity index (χ2n) is 5.76. The minimum atomic E-state index is -0.493. The lowest BCUT2D eigenvalue weighted by atomic mass is 10.2. The second-order valence-corrected chi connectivity index (χ2v) is 5.76. The van der Waals surface area contributed by atoms with Crippen LogP contribution in [0.2, 0.25) is 0 Å². The van der Waals surface area contributed by atoms with Crippen molar-refractivity contribution in [3.8, 4) is 5.88 Å². The molecule has 1 rings (SSSR count). The molecule has 0 unspecified atom stereocenters. The number of nitrogens with one attached hydrogen (secondary N) is 2. The van der Waals surface area contributed by atoms with E-state index in [-0.39, 0.29) is 6.10 Å². The van der Waals surface area contributed by atoms with E-state index < -0.39 is 11.7 Å². The van der Waals surface area contributed by atoms with Crippen molar-refractivity contribution in [1.82, 2.24) is 15.3 Å². The molecule has 0 aliphatic rings. The molecule has 1 aromatic heterocycles. The van der Waals surface area contributed by atoms with Gasteiger partial charge >= 0.3 is 6.09 Å². The highest BCUT2D eigenvalue weighted by Crippen LogP contribution is 2.12. The van der Waals surface area contributed by atoms with Gasteiger partial charge in [-0.25, -0.2) is 14.8 Å². The summed E-state index contributed by atoms with van der Waals surface area (Å²) in [6.45, 7) is 10.3. The summed E-state index contributed by atoms with van der Waals surface area (Å²) in [6.07, 6.45) is 1.05. The first-order valence-electron chi connectivity index (χ1n) is 6.95. The molecule has 118 valence electrons. The Hall–Kier alpha value is -2.05. The summed E-state index contributed by atoms with van der Waals surface area (Å²) in [5, 5.41) is 5.73. The monoisotopic (exact) mass is 296 g/mol. The Morgan fingerprint density at radius 3 is 2.62 bits per heavy atom. The van der Waals surface area contributed by atoms with Crippen LogP contribution >= 0.6 is 0 Å². The number of carbonyl (C=O) groups excluding carboxylic acids is 1. The first-order valence-corrected chi connectivity index (χ1v) is 6.95. The fourth-order valence-electron chi connectivity index (χ4n) is 1.41. The Balaban J connectivity index is 2.31. The van der Waals surface area contributed by atoms with Crippen LogP contribution in [0.5, 0.6) is 5.88 Å². The molecular formula is C14H24N4O3. The molecule has 0 spiro atoms. The third kappa shape index (κ3) is 7.96. The number of alkyl carbamates (subject to hydrolysis) is 1. The van der Waals surface area contributed by atoms with Crippen LogP contribution < -0.4 is 15.4 Å². The highest BCUT2D eigenvalue weighted by atomic mass is 16.6. The Labute approximate surface area is 125 Å². The van der Waals surface area contributed by atoms with Crippen molar-refractivity contribution in [2.24, 2.45) is 0 Å². The first-order chi connectivity index (χ1) is 9.76. The lowest BCUT2D eigenvalue weighted by molar-refractivity contribution is 0.0530. The van der Waals surface area contributed by atoms with Crippen LogP contribution in [-0.4, -0.2) is 40.9 Å². The molecule has 0 radical (unpaired) electrons. The van der Waals surface area contributed by atoms with Crippen molar-refractivity contribution >= 4 is 11.9 Å². The van der Waals surface area contributed by atoms with Gasteiger partial charge in [0.05, 0.1) is 6.10 Å². The van der Waals surface area contributed by atoms with Gasteiger partial charge in [-0.1, -0.05) is 0 Å². The number of hydrogen-bond donors (Lipinski definition) is 2. The van der Waals surface area contributed by atoms with Crippen LogP contribution in [0, 0.1) is 0 Å². The number of amides is 1. The zero-order valence-electron chi connectivity index (χ0n) is 13.3. The smallest absolute Gasteiger partial charge is 0.407 e. The van der Waals surface area contributed by atoms with Crippen LogP contribution in [-0.2, 0) is 4.74 Å². The fourth-order valence-corrected chi connectivity index (χ4v) is 1.41. The Bertz CT molecular complexity index is 458. The van der Waals surface area contributed by atoms with Gasteiger partial charge in [0.1, 0.15) is 17.7 Å². The molecule has 21 heavy (non-hydrogen) atoms. The number of anilines is 1. The predicted molar refractivity (Wildman–Crippen MR) is 80.5 cm³/mol. The quantitative estimate of drug-likeness (QED) is 0.783. The van der Waals surface area contributed by atoms with E-state index in [1.807, 2.05) is 34.6 Å². The minimum Gasteiger partial charge on any atom is -0.475 e. The van der Waals surface area contributed by atoms with Gasteiger partial charge in [-0.3, -0.25) is 0 Å². The van der Waals surface area contributed by atoms with E-state index >= 15 is 0 Å². The third-order valence-corrected chi connectivity index (χ3v) is 2.10. The van der Waals surface area contributed by atoms with Crippen molar-refractivity contribution in [2.75, 3.05) is 18.4 Å². The molecule has 1 heterocycles. The predicted octanol–water partition coefficient (Wildman–Crippen LogP) is 2.20. The molecule has 0 bridgehead atoms. The van der Waals surface area contributed by atoms with Gasteiger partial charge in [0.2, 0.25) is 5.88 Å². The largest absolute Gasteiger partial charge is 0.475 e. The summed E-state index contributed by atoms with van der Waals surface area (Å²) in [5.74, 6) is 1.16. The van der Waals surface area contributed by atoms with Crippen LogP contribution in [0.1, 0.15) is 34.6 Å². The molecule has 0 aliphatic heterocycles. The Kier molecular flexibility index (Phi) is 6.20.